The molecule has 3 fully saturated rings. The number of rotatable bonds is 5. The van der Waals surface area contributed by atoms with Crippen LogP contribution in [0.5, 0.6) is 0 Å². The molecule has 0 bridgehead atoms. The fourth-order valence-corrected chi connectivity index (χ4v) is 8.51. The van der Waals surface area contributed by atoms with Crippen LogP contribution in [0.3, 0.4) is 0 Å². The Hall–Kier alpha value is -0.300. The molecule has 0 aromatic heterocycles. The molecule has 4 aliphatic carbocycles. The van der Waals surface area contributed by atoms with Crippen molar-refractivity contribution in [2.75, 3.05) is 0 Å². The number of hydrogen-bond donors (Lipinski definition) is 1. The molecule has 0 saturated heterocycles. The summed E-state index contributed by atoms with van der Waals surface area (Å²) < 4.78 is 8.19. The lowest BCUT2D eigenvalue weighted by Gasteiger charge is -2.58. The highest BCUT2D eigenvalue weighted by atomic mass is 16.3. The van der Waals surface area contributed by atoms with Crippen molar-refractivity contribution in [1.29, 1.82) is 0 Å². The van der Waals surface area contributed by atoms with E-state index in [2.05, 4.69) is 40.7 Å². The Balaban J connectivity index is 1.50. The molecule has 0 spiro atoms. The Bertz CT molecular complexity index is 636. The van der Waals surface area contributed by atoms with E-state index in [0.717, 1.165) is 41.9 Å². The minimum absolute atomic E-state index is 0.249. The van der Waals surface area contributed by atoms with Gasteiger partial charge in [0.1, 0.15) is 0 Å². The molecule has 1 heteroatoms. The second-order valence-corrected chi connectivity index (χ2v) is 12.0. The van der Waals surface area contributed by atoms with Crippen molar-refractivity contribution in [2.24, 2.45) is 46.3 Å². The summed E-state index contributed by atoms with van der Waals surface area (Å²) in [5, 5.41) is 10.3. The third-order valence-corrected chi connectivity index (χ3v) is 10.2. The van der Waals surface area contributed by atoms with Crippen LogP contribution in [0.2, 0.25) is 0 Å². The van der Waals surface area contributed by atoms with Crippen LogP contribution in [0, 0.1) is 46.3 Å². The van der Waals surface area contributed by atoms with Crippen LogP contribution in [0.4, 0.5) is 0 Å². The van der Waals surface area contributed by atoms with Crippen LogP contribution in [-0.2, 0) is 0 Å². The van der Waals surface area contributed by atoms with Gasteiger partial charge in [-0.1, -0.05) is 65.5 Å². The zero-order chi connectivity index (χ0) is 21.0. The monoisotopic (exact) mass is 388 g/mol. The SMILES string of the molecule is [3H][C@]1(O)CC[C@@]2(C)C(=CC[C@H]3[C@@H]4CC[C@H]([C@H](C)CCCC(C)C)[C@@]4(C)CC[C@@H]32)C1. The van der Waals surface area contributed by atoms with Gasteiger partial charge in [0, 0.05) is 0 Å². The largest absolute Gasteiger partial charge is 0.393 e. The van der Waals surface area contributed by atoms with E-state index in [9.17, 15) is 5.11 Å². The first kappa shape index (κ1) is 19.7. The molecule has 0 aliphatic heterocycles. The molecule has 0 radical (unpaired) electrons. The molecule has 28 heavy (non-hydrogen) atoms. The van der Waals surface area contributed by atoms with Gasteiger partial charge in [-0.2, -0.15) is 0 Å². The van der Waals surface area contributed by atoms with E-state index in [1.165, 1.54) is 56.9 Å². The molecule has 160 valence electrons. The predicted octanol–water partition coefficient (Wildman–Crippen LogP) is 7.39. The first-order valence-corrected chi connectivity index (χ1v) is 12.5. The van der Waals surface area contributed by atoms with Gasteiger partial charge in [-0.05, 0) is 97.7 Å². The quantitative estimate of drug-likeness (QED) is 0.487. The molecule has 0 amide bonds. The van der Waals surface area contributed by atoms with Gasteiger partial charge in [0.25, 0.3) is 0 Å². The van der Waals surface area contributed by atoms with E-state index in [0.29, 0.717) is 18.3 Å². The molecule has 4 aliphatic rings. The Labute approximate surface area is 176 Å². The average molecular weight is 389 g/mol. The predicted molar refractivity (Wildman–Crippen MR) is 119 cm³/mol. The Morgan fingerprint density at radius 1 is 1.07 bits per heavy atom. The highest BCUT2D eigenvalue weighted by Gasteiger charge is 2.59. The lowest BCUT2D eigenvalue weighted by atomic mass is 9.47. The summed E-state index contributed by atoms with van der Waals surface area (Å²) in [5.41, 5.74) is 2.21. The summed E-state index contributed by atoms with van der Waals surface area (Å²) in [6.45, 7) is 12.4. The van der Waals surface area contributed by atoms with Crippen molar-refractivity contribution < 1.29 is 6.48 Å². The Morgan fingerprint density at radius 3 is 2.61 bits per heavy atom. The van der Waals surface area contributed by atoms with Gasteiger partial charge >= 0.3 is 0 Å². The lowest BCUT2D eigenvalue weighted by Crippen LogP contribution is -2.50. The standard InChI is InChI=1S/C27H46O/c1-18(2)7-6-8-19(3)23-11-12-24-22-10-9-20-17-21(28)13-15-26(20,4)25(22)14-16-27(23,24)5/h9,18-19,21-25,28H,6-8,10-17H2,1-5H3/t19-,21+,22+,23-,24+,25+,26+,27-/m1/s1/i21T. The fraction of sp³-hybridized carbons (Fsp3) is 0.926. The maximum atomic E-state index is 10.3. The number of allylic oxidation sites excluding steroid dienone is 1. The van der Waals surface area contributed by atoms with E-state index in [-0.39, 0.29) is 5.41 Å². The Kier molecular flexibility index (Phi) is 5.44. The molecule has 8 atom stereocenters. The molecule has 0 aromatic carbocycles. The van der Waals surface area contributed by atoms with Crippen LogP contribution < -0.4 is 0 Å². The maximum absolute atomic E-state index is 10.3. The van der Waals surface area contributed by atoms with Crippen LogP contribution in [-0.4, -0.2) is 11.2 Å². The van der Waals surface area contributed by atoms with Gasteiger partial charge in [0.05, 0.1) is 7.45 Å². The third-order valence-electron chi connectivity index (χ3n) is 10.2. The van der Waals surface area contributed by atoms with Crippen molar-refractivity contribution in [2.45, 2.75) is 111 Å². The number of aliphatic hydroxyl groups is 1. The molecule has 0 heterocycles. The van der Waals surface area contributed by atoms with Crippen molar-refractivity contribution >= 4 is 0 Å². The van der Waals surface area contributed by atoms with Crippen molar-refractivity contribution in [3.63, 3.8) is 0 Å². The van der Waals surface area contributed by atoms with Crippen molar-refractivity contribution in [1.82, 2.24) is 0 Å². The van der Waals surface area contributed by atoms with Crippen LogP contribution in [0.25, 0.3) is 0 Å². The summed E-state index contributed by atoms with van der Waals surface area (Å²) in [5.74, 6) is 5.15. The average Bonchev–Trinajstić information content (AvgIpc) is 2.99. The van der Waals surface area contributed by atoms with Gasteiger partial charge < -0.3 is 5.11 Å². The highest BCUT2D eigenvalue weighted by molar-refractivity contribution is 5.25. The minimum Gasteiger partial charge on any atom is -0.393 e. The summed E-state index contributed by atoms with van der Waals surface area (Å²) in [6.07, 6.45) is 14.6. The van der Waals surface area contributed by atoms with Gasteiger partial charge in [-0.25, -0.2) is 0 Å². The first-order valence-electron chi connectivity index (χ1n) is 13.0. The zero-order valence-electron chi connectivity index (χ0n) is 20.3. The van der Waals surface area contributed by atoms with Crippen LogP contribution in [0.1, 0.15) is 107 Å². The van der Waals surface area contributed by atoms with Crippen molar-refractivity contribution in [3.05, 3.63) is 11.6 Å². The molecular weight excluding hydrogens is 340 g/mol. The van der Waals surface area contributed by atoms with Crippen LogP contribution in [0.15, 0.2) is 11.6 Å². The molecule has 4 rings (SSSR count). The third kappa shape index (κ3) is 3.42. The molecule has 0 unspecified atom stereocenters. The number of hydrogen-bond acceptors (Lipinski definition) is 1. The van der Waals surface area contributed by atoms with Crippen LogP contribution >= 0.6 is 0 Å². The Morgan fingerprint density at radius 2 is 1.86 bits per heavy atom. The second-order valence-electron chi connectivity index (χ2n) is 12.0. The van der Waals surface area contributed by atoms with Crippen molar-refractivity contribution in [3.8, 4) is 0 Å². The summed E-state index contributed by atoms with van der Waals surface area (Å²) in [4.78, 5) is 0. The summed E-state index contributed by atoms with van der Waals surface area (Å²) in [6, 6.07) is 0. The molecule has 0 aromatic rings. The maximum Gasteiger partial charge on any atom is 0.0604 e. The normalized spacial score (nSPS) is 49.7. The highest BCUT2D eigenvalue weighted by Crippen LogP contribution is 2.67. The molecular formula is C27H46O. The number of fused-ring (bicyclic) bond motifs is 5. The lowest BCUT2D eigenvalue weighted by molar-refractivity contribution is -0.0573. The zero-order valence-corrected chi connectivity index (χ0v) is 19.3. The first-order chi connectivity index (χ1) is 13.6. The van der Waals surface area contributed by atoms with E-state index in [1.54, 1.807) is 0 Å². The van der Waals surface area contributed by atoms with Gasteiger partial charge in [-0.3, -0.25) is 0 Å². The molecule has 1 N–H and O–H groups in total. The topological polar surface area (TPSA) is 20.2 Å². The minimum atomic E-state index is -1.22. The van der Waals surface area contributed by atoms with Gasteiger partial charge in [0.15, 0.2) is 0 Å². The second kappa shape index (κ2) is 7.75. The van der Waals surface area contributed by atoms with Gasteiger partial charge in [0.2, 0.25) is 0 Å². The van der Waals surface area contributed by atoms with E-state index in [1.807, 2.05) is 0 Å². The van der Waals surface area contributed by atoms with Gasteiger partial charge in [-0.15, -0.1) is 0 Å². The van der Waals surface area contributed by atoms with E-state index < -0.39 is 6.08 Å². The van der Waals surface area contributed by atoms with E-state index >= 15 is 0 Å². The molecule has 1 nitrogen and oxygen atoms in total. The smallest absolute Gasteiger partial charge is 0.0604 e. The summed E-state index contributed by atoms with van der Waals surface area (Å²) in [7, 11) is 0. The van der Waals surface area contributed by atoms with E-state index in [4.69, 9.17) is 1.37 Å². The molecule has 3 saturated carbocycles. The fourth-order valence-electron chi connectivity index (χ4n) is 8.51. The summed E-state index contributed by atoms with van der Waals surface area (Å²) >= 11 is 0.